The van der Waals surface area contributed by atoms with E-state index in [0.29, 0.717) is 5.69 Å². The molecule has 29 heavy (non-hydrogen) atoms. The van der Waals surface area contributed by atoms with E-state index in [9.17, 15) is 28.8 Å². The maximum absolute atomic E-state index is 12.4. The maximum atomic E-state index is 12.4. The van der Waals surface area contributed by atoms with E-state index in [0.717, 1.165) is 5.56 Å². The van der Waals surface area contributed by atoms with Gasteiger partial charge in [0, 0.05) is 5.69 Å². The fourth-order valence-electron chi connectivity index (χ4n) is 2.83. The van der Waals surface area contributed by atoms with Crippen LogP contribution in [0.3, 0.4) is 0 Å². The zero-order valence-corrected chi connectivity index (χ0v) is 16.4. The van der Waals surface area contributed by atoms with E-state index in [4.69, 9.17) is 9.47 Å². The van der Waals surface area contributed by atoms with Crippen molar-refractivity contribution in [2.45, 2.75) is 42.5 Å². The van der Waals surface area contributed by atoms with Crippen LogP contribution in [0.15, 0.2) is 53.4 Å². The number of rotatable bonds is 6. The maximum Gasteiger partial charge on any atom is 0.261 e. The average molecular weight is 425 g/mol. The molecular weight excluding hydrogens is 402 g/mol. The Hall–Kier alpha value is -2.21. The lowest BCUT2D eigenvalue weighted by Gasteiger charge is -2.39. The topological polar surface area (TPSA) is 146 Å². The third kappa shape index (κ3) is 4.86. The Bertz CT molecular complexity index is 914. The van der Waals surface area contributed by atoms with Gasteiger partial charge in [0.25, 0.3) is 10.0 Å². The Morgan fingerprint density at radius 1 is 0.966 bits per heavy atom. The molecule has 3 rings (SSSR count). The Balaban J connectivity index is 1.68. The van der Waals surface area contributed by atoms with Gasteiger partial charge in [-0.3, -0.25) is 4.72 Å². The standard InChI is InChI=1S/C19H23NO8S/c1-11-2-8-14(9-3-11)29(25,26)20-12-4-6-13(7-5-12)27-19-18(24)17(23)16(22)15(10-21)28-19/h2-9,15-24H,10H2,1H3/t15-,16+,17+,18+,19-/m0/s1. The molecule has 0 saturated carbocycles. The van der Waals surface area contributed by atoms with Crippen LogP contribution in [0.25, 0.3) is 0 Å². The minimum Gasteiger partial charge on any atom is -0.462 e. The van der Waals surface area contributed by atoms with Crippen LogP contribution < -0.4 is 9.46 Å². The monoisotopic (exact) mass is 425 g/mol. The second-order valence-corrected chi connectivity index (χ2v) is 8.44. The molecule has 1 aliphatic heterocycles. The molecule has 1 heterocycles. The molecule has 5 atom stereocenters. The van der Waals surface area contributed by atoms with E-state index < -0.39 is 47.3 Å². The summed E-state index contributed by atoms with van der Waals surface area (Å²) in [6.07, 6.45) is -6.97. The van der Waals surface area contributed by atoms with Crippen LogP contribution in [0.4, 0.5) is 5.69 Å². The SMILES string of the molecule is Cc1ccc(S(=O)(=O)Nc2ccc(O[C@H]3O[C@@H](CO)[C@@H](O)[C@@H](O)[C@H]3O)cc2)cc1. The molecule has 10 heteroatoms. The van der Waals surface area contributed by atoms with Gasteiger partial charge in [-0.1, -0.05) is 17.7 Å². The van der Waals surface area contributed by atoms with Crippen LogP contribution in [0, 0.1) is 6.92 Å². The third-order valence-corrected chi connectivity index (χ3v) is 5.94. The van der Waals surface area contributed by atoms with Crippen molar-refractivity contribution in [3.63, 3.8) is 0 Å². The molecule has 0 radical (unpaired) electrons. The van der Waals surface area contributed by atoms with E-state index >= 15 is 0 Å². The third-order valence-electron chi connectivity index (χ3n) is 4.54. The average Bonchev–Trinajstić information content (AvgIpc) is 2.70. The van der Waals surface area contributed by atoms with E-state index in [2.05, 4.69) is 4.72 Å². The van der Waals surface area contributed by atoms with E-state index in [1.807, 2.05) is 6.92 Å². The van der Waals surface area contributed by atoms with Crippen LogP contribution in [0.5, 0.6) is 5.75 Å². The Morgan fingerprint density at radius 3 is 2.17 bits per heavy atom. The van der Waals surface area contributed by atoms with Gasteiger partial charge in [0.15, 0.2) is 0 Å². The fourth-order valence-corrected chi connectivity index (χ4v) is 3.89. The van der Waals surface area contributed by atoms with Gasteiger partial charge in [-0.2, -0.15) is 0 Å². The summed E-state index contributed by atoms with van der Waals surface area (Å²) in [7, 11) is -3.75. The summed E-state index contributed by atoms with van der Waals surface area (Å²) >= 11 is 0. The van der Waals surface area contributed by atoms with Crippen LogP contribution in [-0.2, 0) is 14.8 Å². The van der Waals surface area contributed by atoms with Crippen LogP contribution in [0.1, 0.15) is 5.56 Å². The summed E-state index contributed by atoms with van der Waals surface area (Å²) in [6.45, 7) is 1.29. The number of anilines is 1. The predicted octanol–water partition coefficient (Wildman–Crippen LogP) is -0.0255. The molecule has 2 aromatic carbocycles. The van der Waals surface area contributed by atoms with Crippen LogP contribution in [-0.4, -0.2) is 66.2 Å². The van der Waals surface area contributed by atoms with E-state index in [-0.39, 0.29) is 10.6 Å². The number of benzene rings is 2. The van der Waals surface area contributed by atoms with Crippen LogP contribution in [0.2, 0.25) is 0 Å². The number of hydrogen-bond donors (Lipinski definition) is 5. The van der Waals surface area contributed by atoms with Gasteiger partial charge in [0.05, 0.1) is 11.5 Å². The van der Waals surface area contributed by atoms with Gasteiger partial charge in [0.2, 0.25) is 6.29 Å². The number of ether oxygens (including phenoxy) is 2. The van der Waals surface area contributed by atoms with Crippen LogP contribution >= 0.6 is 0 Å². The molecule has 0 aromatic heterocycles. The Labute approximate surface area is 168 Å². The van der Waals surface area contributed by atoms with Gasteiger partial charge in [-0.15, -0.1) is 0 Å². The minimum atomic E-state index is -3.75. The van der Waals surface area contributed by atoms with Crippen molar-refractivity contribution in [3.05, 3.63) is 54.1 Å². The fraction of sp³-hybridized carbons (Fsp3) is 0.368. The lowest BCUT2D eigenvalue weighted by atomic mass is 9.99. The van der Waals surface area contributed by atoms with Crippen molar-refractivity contribution in [2.24, 2.45) is 0 Å². The first-order chi connectivity index (χ1) is 13.7. The van der Waals surface area contributed by atoms with Crippen molar-refractivity contribution in [1.82, 2.24) is 0 Å². The second kappa shape index (κ2) is 8.66. The number of aliphatic hydroxyl groups is 4. The Morgan fingerprint density at radius 2 is 1.59 bits per heavy atom. The van der Waals surface area contributed by atoms with Gasteiger partial charge < -0.3 is 29.9 Å². The number of hydrogen-bond acceptors (Lipinski definition) is 8. The molecule has 9 nitrogen and oxygen atoms in total. The molecule has 2 aromatic rings. The molecule has 158 valence electrons. The van der Waals surface area contributed by atoms with Gasteiger partial charge in [0.1, 0.15) is 30.2 Å². The van der Waals surface area contributed by atoms with Gasteiger partial charge in [-0.05, 0) is 43.3 Å². The highest BCUT2D eigenvalue weighted by Gasteiger charge is 2.44. The van der Waals surface area contributed by atoms with E-state index in [1.165, 1.54) is 36.4 Å². The second-order valence-electron chi connectivity index (χ2n) is 6.76. The van der Waals surface area contributed by atoms with Crippen molar-refractivity contribution in [2.75, 3.05) is 11.3 Å². The smallest absolute Gasteiger partial charge is 0.261 e. The molecule has 0 aliphatic carbocycles. The minimum absolute atomic E-state index is 0.129. The number of nitrogens with one attached hydrogen (secondary N) is 1. The summed E-state index contributed by atoms with van der Waals surface area (Å²) < 4.78 is 38.0. The van der Waals surface area contributed by atoms with Gasteiger partial charge in [-0.25, -0.2) is 8.42 Å². The van der Waals surface area contributed by atoms with Crippen molar-refractivity contribution >= 4 is 15.7 Å². The highest BCUT2D eigenvalue weighted by Crippen LogP contribution is 2.26. The molecule has 0 bridgehead atoms. The normalized spacial score (nSPS) is 27.4. The molecule has 0 spiro atoms. The lowest BCUT2D eigenvalue weighted by molar-refractivity contribution is -0.277. The van der Waals surface area contributed by atoms with Crippen molar-refractivity contribution < 1.29 is 38.3 Å². The first-order valence-electron chi connectivity index (χ1n) is 8.88. The predicted molar refractivity (Wildman–Crippen MR) is 103 cm³/mol. The quantitative estimate of drug-likeness (QED) is 0.434. The Kier molecular flexibility index (Phi) is 6.42. The van der Waals surface area contributed by atoms with Gasteiger partial charge >= 0.3 is 0 Å². The summed E-state index contributed by atoms with van der Waals surface area (Å²) in [6, 6.07) is 12.2. The number of aryl methyl sites for hydroxylation is 1. The molecule has 1 saturated heterocycles. The van der Waals surface area contributed by atoms with E-state index in [1.54, 1.807) is 12.1 Å². The molecule has 5 N–H and O–H groups in total. The zero-order valence-electron chi connectivity index (χ0n) is 15.5. The molecule has 0 unspecified atom stereocenters. The highest BCUT2D eigenvalue weighted by atomic mass is 32.2. The summed E-state index contributed by atoms with van der Waals surface area (Å²) in [5.74, 6) is 0.229. The van der Waals surface area contributed by atoms with Crippen molar-refractivity contribution in [3.8, 4) is 5.75 Å². The number of aliphatic hydroxyl groups excluding tert-OH is 4. The summed E-state index contributed by atoms with van der Waals surface area (Å²) in [5.41, 5.74) is 1.24. The summed E-state index contributed by atoms with van der Waals surface area (Å²) in [4.78, 5) is 0.129. The first-order valence-corrected chi connectivity index (χ1v) is 10.4. The molecule has 1 aliphatic rings. The molecular formula is C19H23NO8S. The lowest BCUT2D eigenvalue weighted by Crippen LogP contribution is -2.60. The molecule has 0 amide bonds. The highest BCUT2D eigenvalue weighted by molar-refractivity contribution is 7.92. The number of sulfonamides is 1. The first kappa shape index (κ1) is 21.5. The largest absolute Gasteiger partial charge is 0.462 e. The zero-order chi connectivity index (χ0) is 21.2. The molecule has 1 fully saturated rings. The van der Waals surface area contributed by atoms with Crippen molar-refractivity contribution in [1.29, 1.82) is 0 Å². The summed E-state index contributed by atoms with van der Waals surface area (Å²) in [5, 5.41) is 38.8.